The van der Waals surface area contributed by atoms with Gasteiger partial charge in [0.15, 0.2) is 0 Å². The fourth-order valence-corrected chi connectivity index (χ4v) is 3.51. The first-order chi connectivity index (χ1) is 17.6. The van der Waals surface area contributed by atoms with Crippen molar-refractivity contribution in [1.82, 2.24) is 20.4 Å². The SMILES string of the molecule is C=CC(=O)NC(C)N1CCCCCC1=O.C=CC(=O)NC(C)N1CCCCCC1=O.COC=O.O=CO. The minimum atomic E-state index is -0.250. The highest BCUT2D eigenvalue weighted by atomic mass is 16.5. The van der Waals surface area contributed by atoms with Crippen molar-refractivity contribution >= 4 is 36.6 Å². The highest BCUT2D eigenvalue weighted by molar-refractivity contribution is 5.88. The van der Waals surface area contributed by atoms with Crippen molar-refractivity contribution < 1.29 is 38.6 Å². The number of amides is 4. The molecule has 0 aromatic carbocycles. The molecule has 2 unspecified atom stereocenters. The van der Waals surface area contributed by atoms with Crippen LogP contribution in [-0.4, -0.2) is 84.0 Å². The molecule has 0 aromatic heterocycles. The molecule has 37 heavy (non-hydrogen) atoms. The van der Waals surface area contributed by atoms with E-state index in [1.807, 2.05) is 13.8 Å². The van der Waals surface area contributed by atoms with Crippen LogP contribution in [0, 0.1) is 0 Å². The number of carbonyl (C=O) groups excluding carboxylic acids is 5. The third-order valence-corrected chi connectivity index (χ3v) is 5.32. The lowest BCUT2D eigenvalue weighted by Crippen LogP contribution is -2.48. The van der Waals surface area contributed by atoms with E-state index in [0.717, 1.165) is 51.6 Å². The molecule has 210 valence electrons. The smallest absolute Gasteiger partial charge is 0.292 e. The van der Waals surface area contributed by atoms with Crippen LogP contribution in [0.1, 0.15) is 65.2 Å². The van der Waals surface area contributed by atoms with Crippen molar-refractivity contribution in [2.24, 2.45) is 0 Å². The third-order valence-electron chi connectivity index (χ3n) is 5.32. The Kier molecular flexibility index (Phi) is 21.8. The molecule has 0 saturated carbocycles. The van der Waals surface area contributed by atoms with Gasteiger partial charge in [-0.2, -0.15) is 0 Å². The molecule has 2 atom stereocenters. The molecule has 2 fully saturated rings. The number of likely N-dealkylation sites (tertiary alicyclic amines) is 2. The van der Waals surface area contributed by atoms with Gasteiger partial charge in [0.1, 0.15) is 12.3 Å². The molecule has 0 aliphatic carbocycles. The molecule has 4 amide bonds. The molecule has 2 aliphatic heterocycles. The Morgan fingerprint density at radius 2 is 1.16 bits per heavy atom. The number of hydrogen-bond donors (Lipinski definition) is 3. The summed E-state index contributed by atoms with van der Waals surface area (Å²) in [6.45, 7) is 12.0. The van der Waals surface area contributed by atoms with Gasteiger partial charge in [0.05, 0.1) is 7.11 Å². The van der Waals surface area contributed by atoms with Gasteiger partial charge < -0.3 is 30.3 Å². The molecule has 0 aromatic rings. The summed E-state index contributed by atoms with van der Waals surface area (Å²) in [5.41, 5.74) is 0. The molecule has 2 heterocycles. The van der Waals surface area contributed by atoms with Crippen LogP contribution in [0.5, 0.6) is 0 Å². The lowest BCUT2D eigenvalue weighted by atomic mass is 10.2. The van der Waals surface area contributed by atoms with Gasteiger partial charge in [-0.3, -0.25) is 28.8 Å². The van der Waals surface area contributed by atoms with Crippen molar-refractivity contribution in [1.29, 1.82) is 0 Å². The van der Waals surface area contributed by atoms with Crippen LogP contribution in [0.4, 0.5) is 0 Å². The summed E-state index contributed by atoms with van der Waals surface area (Å²) in [7, 11) is 1.31. The van der Waals surface area contributed by atoms with Gasteiger partial charge in [0, 0.05) is 25.9 Å². The molecular weight excluding hydrogens is 484 g/mol. The monoisotopic (exact) mass is 526 g/mol. The molecule has 2 saturated heterocycles. The number of carbonyl (C=O) groups is 6. The van der Waals surface area contributed by atoms with E-state index in [1.54, 1.807) is 9.80 Å². The number of nitrogens with one attached hydrogen (secondary N) is 2. The summed E-state index contributed by atoms with van der Waals surface area (Å²) < 4.78 is 3.86. The first-order valence-electron chi connectivity index (χ1n) is 12.1. The van der Waals surface area contributed by atoms with Crippen molar-refractivity contribution in [3.63, 3.8) is 0 Å². The van der Waals surface area contributed by atoms with Crippen LogP contribution >= 0.6 is 0 Å². The molecule has 0 bridgehead atoms. The zero-order valence-electron chi connectivity index (χ0n) is 22.1. The number of hydrogen-bond acceptors (Lipinski definition) is 7. The Bertz CT molecular complexity index is 690. The highest BCUT2D eigenvalue weighted by Gasteiger charge is 2.23. The molecule has 3 N–H and O–H groups in total. The van der Waals surface area contributed by atoms with Gasteiger partial charge in [-0.05, 0) is 51.7 Å². The van der Waals surface area contributed by atoms with Gasteiger partial charge in [0.2, 0.25) is 23.6 Å². The maximum Gasteiger partial charge on any atom is 0.292 e. The minimum Gasteiger partial charge on any atom is -0.483 e. The van der Waals surface area contributed by atoms with Crippen LogP contribution in [0.25, 0.3) is 0 Å². The van der Waals surface area contributed by atoms with E-state index in [9.17, 15) is 19.2 Å². The summed E-state index contributed by atoms with van der Waals surface area (Å²) in [5.74, 6) is -0.215. The van der Waals surface area contributed by atoms with Crippen LogP contribution in [-0.2, 0) is 33.5 Å². The van der Waals surface area contributed by atoms with E-state index < -0.39 is 0 Å². The number of nitrogens with zero attached hydrogens (tertiary/aromatic N) is 2. The molecular formula is C25H42N4O8. The molecule has 12 nitrogen and oxygen atoms in total. The van der Waals surface area contributed by atoms with E-state index in [0.29, 0.717) is 19.3 Å². The Hall–Kier alpha value is -3.70. The van der Waals surface area contributed by atoms with E-state index in [4.69, 9.17) is 14.7 Å². The second kappa shape index (κ2) is 22.7. The second-order valence-corrected chi connectivity index (χ2v) is 8.01. The summed E-state index contributed by atoms with van der Waals surface area (Å²) in [6, 6.07) is 0. The van der Waals surface area contributed by atoms with Gasteiger partial charge in [-0.1, -0.05) is 26.0 Å². The summed E-state index contributed by atoms with van der Waals surface area (Å²) >= 11 is 0. The van der Waals surface area contributed by atoms with E-state index in [2.05, 4.69) is 28.5 Å². The molecule has 12 heteroatoms. The number of carboxylic acid groups (broad SMARTS) is 1. The van der Waals surface area contributed by atoms with Crippen molar-refractivity contribution in [2.75, 3.05) is 20.2 Å². The van der Waals surface area contributed by atoms with Crippen LogP contribution < -0.4 is 10.6 Å². The van der Waals surface area contributed by atoms with Crippen LogP contribution in [0.15, 0.2) is 25.3 Å². The summed E-state index contributed by atoms with van der Waals surface area (Å²) in [4.78, 5) is 66.3. The van der Waals surface area contributed by atoms with Gasteiger partial charge in [-0.15, -0.1) is 0 Å². The van der Waals surface area contributed by atoms with Crippen molar-refractivity contribution in [3.05, 3.63) is 25.3 Å². The van der Waals surface area contributed by atoms with Gasteiger partial charge in [-0.25, -0.2) is 0 Å². The van der Waals surface area contributed by atoms with Crippen LogP contribution in [0.3, 0.4) is 0 Å². The lowest BCUT2D eigenvalue weighted by Gasteiger charge is -2.28. The first kappa shape index (κ1) is 35.5. The number of rotatable bonds is 7. The lowest BCUT2D eigenvalue weighted by molar-refractivity contribution is -0.135. The molecule has 2 rings (SSSR count). The Morgan fingerprint density at radius 3 is 1.43 bits per heavy atom. The fourth-order valence-electron chi connectivity index (χ4n) is 3.51. The number of ether oxygens (including phenoxy) is 1. The van der Waals surface area contributed by atoms with E-state index in [-0.39, 0.29) is 42.4 Å². The Balaban J connectivity index is 0. The molecule has 0 spiro atoms. The quantitative estimate of drug-likeness (QED) is 0.332. The van der Waals surface area contributed by atoms with Gasteiger partial charge in [0.25, 0.3) is 12.9 Å². The zero-order chi connectivity index (χ0) is 28.6. The molecule has 0 radical (unpaired) electrons. The second-order valence-electron chi connectivity index (χ2n) is 8.01. The van der Waals surface area contributed by atoms with Gasteiger partial charge >= 0.3 is 0 Å². The summed E-state index contributed by atoms with van der Waals surface area (Å²) in [6.07, 6.45) is 9.27. The topological polar surface area (TPSA) is 162 Å². The zero-order valence-corrected chi connectivity index (χ0v) is 22.1. The number of methoxy groups -OCH3 is 1. The normalized spacial score (nSPS) is 16.5. The predicted molar refractivity (Wildman–Crippen MR) is 138 cm³/mol. The largest absolute Gasteiger partial charge is 0.483 e. The standard InChI is InChI=1S/2C11H18N2O2.C2H4O2.CH2O2/c2*1-3-10(14)12-9(2)13-8-6-4-5-7-11(13)15;1-4-2-3;2-1-3/h2*3,9H,1,4-8H2,2H3,(H,12,14);2H,1H3;1H,(H,2,3). The average molecular weight is 527 g/mol. The predicted octanol–water partition coefficient (Wildman–Crippen LogP) is 1.56. The van der Waals surface area contributed by atoms with Crippen molar-refractivity contribution in [3.8, 4) is 0 Å². The van der Waals surface area contributed by atoms with E-state index >= 15 is 0 Å². The summed E-state index contributed by atoms with van der Waals surface area (Å²) in [5, 5.41) is 12.3. The van der Waals surface area contributed by atoms with Crippen molar-refractivity contribution in [2.45, 2.75) is 77.5 Å². The molecule has 2 aliphatic rings. The van der Waals surface area contributed by atoms with E-state index in [1.165, 1.54) is 19.3 Å². The highest BCUT2D eigenvalue weighted by Crippen LogP contribution is 2.13. The first-order valence-corrected chi connectivity index (χ1v) is 12.1. The Morgan fingerprint density at radius 1 is 0.838 bits per heavy atom. The average Bonchev–Trinajstić information content (AvgIpc) is 3.24. The fraction of sp³-hybridized carbons (Fsp3) is 0.600. The Labute approximate surface area is 219 Å². The maximum atomic E-state index is 11.7. The maximum absolute atomic E-state index is 11.7. The minimum absolute atomic E-state index is 0.129. The third kappa shape index (κ3) is 17.4. The van der Waals surface area contributed by atoms with Crippen LogP contribution in [0.2, 0.25) is 0 Å².